The molecule has 2 bridgehead atoms. The summed E-state index contributed by atoms with van der Waals surface area (Å²) in [7, 11) is 0.871. The van der Waals surface area contributed by atoms with Crippen LogP contribution in [-0.2, 0) is 38.3 Å². The first kappa shape index (κ1) is 34.1. The predicted molar refractivity (Wildman–Crippen MR) is 185 cm³/mol. The van der Waals surface area contributed by atoms with E-state index in [1.54, 1.807) is 13.2 Å². The van der Waals surface area contributed by atoms with Crippen molar-refractivity contribution in [2.24, 2.45) is 17.3 Å². The summed E-state index contributed by atoms with van der Waals surface area (Å²) < 4.78 is 31.0. The fourth-order valence-corrected chi connectivity index (χ4v) is 7.93. The summed E-state index contributed by atoms with van der Waals surface area (Å²) in [5, 5.41) is 3.25. The van der Waals surface area contributed by atoms with Crippen LogP contribution in [0.15, 0.2) is 72.8 Å². The van der Waals surface area contributed by atoms with Gasteiger partial charge in [0, 0.05) is 0 Å². The number of para-hydroxylation sites is 1. The summed E-state index contributed by atoms with van der Waals surface area (Å²) in [5.41, 5.74) is 2.06. The molecule has 3 aromatic carbocycles. The molecule has 1 saturated heterocycles. The lowest BCUT2D eigenvalue weighted by Crippen LogP contribution is -2.65. The Morgan fingerprint density at radius 3 is 2.42 bits per heavy atom. The molecule has 48 heavy (non-hydrogen) atoms. The van der Waals surface area contributed by atoms with Gasteiger partial charge in [0.2, 0.25) is 5.91 Å². The van der Waals surface area contributed by atoms with Gasteiger partial charge < -0.3 is 28.8 Å². The number of esters is 1. The molecular formula is C39H48BNO7. The Bertz CT molecular complexity index is 1640. The van der Waals surface area contributed by atoms with Crippen molar-refractivity contribution in [2.75, 3.05) is 7.11 Å². The van der Waals surface area contributed by atoms with Gasteiger partial charge in [0.05, 0.1) is 31.2 Å². The summed E-state index contributed by atoms with van der Waals surface area (Å²) in [6.07, 6.45) is 2.49. The maximum Gasteiger partial charge on any atom is 0.482 e. The van der Waals surface area contributed by atoms with Crippen molar-refractivity contribution in [1.29, 1.82) is 0 Å². The minimum atomic E-state index is -0.672. The van der Waals surface area contributed by atoms with Crippen LogP contribution in [0.25, 0.3) is 0 Å². The van der Waals surface area contributed by atoms with Crippen LogP contribution in [0.5, 0.6) is 11.5 Å². The normalized spacial score (nSPS) is 24.6. The molecule has 5 atom stereocenters. The number of hydrogen-bond acceptors (Lipinski definition) is 7. The van der Waals surface area contributed by atoms with Gasteiger partial charge in [0.1, 0.15) is 29.3 Å². The summed E-state index contributed by atoms with van der Waals surface area (Å²) >= 11 is 0. The molecule has 4 fully saturated rings. The van der Waals surface area contributed by atoms with Gasteiger partial charge >= 0.3 is 13.1 Å². The molecule has 3 aromatic rings. The summed E-state index contributed by atoms with van der Waals surface area (Å²) in [5.74, 6) is 0.909. The number of ether oxygens (including phenoxy) is 3. The number of methoxy groups -OCH3 is 1. The van der Waals surface area contributed by atoms with Crippen LogP contribution >= 0.6 is 0 Å². The molecule has 0 radical (unpaired) electrons. The summed E-state index contributed by atoms with van der Waals surface area (Å²) in [6, 6.07) is 23.0. The predicted octanol–water partition coefficient (Wildman–Crippen LogP) is 6.77. The minimum absolute atomic E-state index is 0.0490. The highest BCUT2D eigenvalue weighted by atomic mass is 16.7. The van der Waals surface area contributed by atoms with Crippen LogP contribution in [0.3, 0.4) is 0 Å². The molecule has 0 aromatic heterocycles. The second kappa shape index (κ2) is 13.2. The van der Waals surface area contributed by atoms with Gasteiger partial charge in [-0.05, 0) is 99.1 Å². The lowest BCUT2D eigenvalue weighted by molar-refractivity contribution is -0.199. The Labute approximate surface area is 285 Å². The monoisotopic (exact) mass is 653 g/mol. The highest BCUT2D eigenvalue weighted by Crippen LogP contribution is 2.65. The van der Waals surface area contributed by atoms with Crippen molar-refractivity contribution >= 4 is 19.0 Å². The molecule has 3 saturated carbocycles. The third-order valence-electron chi connectivity index (χ3n) is 10.5. The van der Waals surface area contributed by atoms with Crippen molar-refractivity contribution < 1.29 is 33.1 Å². The molecule has 5 unspecified atom stereocenters. The SMILES string of the molecule is COc1c(CC(NC(=O)Cc2cccc(OCc3ccccc3)c2)B2OC3CC4CC(C4(C)C)C3(C)O2)cccc1C(=O)OC(C)(C)C. The first-order valence-corrected chi connectivity index (χ1v) is 17.0. The van der Waals surface area contributed by atoms with E-state index in [4.69, 9.17) is 23.5 Å². The Hall–Kier alpha value is -3.82. The Kier molecular flexibility index (Phi) is 9.40. The molecule has 8 nitrogen and oxygen atoms in total. The molecule has 1 amide bonds. The first-order chi connectivity index (χ1) is 22.8. The minimum Gasteiger partial charge on any atom is -0.496 e. The van der Waals surface area contributed by atoms with E-state index in [2.05, 4.69) is 26.1 Å². The van der Waals surface area contributed by atoms with Gasteiger partial charge in [-0.2, -0.15) is 0 Å². The topological polar surface area (TPSA) is 92.3 Å². The number of carbonyl (C=O) groups is 2. The maximum absolute atomic E-state index is 13.7. The van der Waals surface area contributed by atoms with E-state index in [-0.39, 0.29) is 23.8 Å². The average Bonchev–Trinajstić information content (AvgIpc) is 3.40. The van der Waals surface area contributed by atoms with Crippen LogP contribution in [-0.4, -0.2) is 49.4 Å². The number of carbonyl (C=O) groups excluding carboxylic acids is 2. The number of rotatable bonds is 11. The van der Waals surface area contributed by atoms with Crippen molar-refractivity contribution in [1.82, 2.24) is 5.32 Å². The van der Waals surface area contributed by atoms with Gasteiger partial charge in [-0.1, -0.05) is 68.4 Å². The maximum atomic E-state index is 13.7. The van der Waals surface area contributed by atoms with Crippen molar-refractivity contribution in [3.05, 3.63) is 95.1 Å². The molecule has 3 aliphatic carbocycles. The van der Waals surface area contributed by atoms with Crippen molar-refractivity contribution in [3.63, 3.8) is 0 Å². The van der Waals surface area contributed by atoms with Gasteiger partial charge in [-0.3, -0.25) is 4.79 Å². The quantitative estimate of drug-likeness (QED) is 0.181. The van der Waals surface area contributed by atoms with Crippen LogP contribution in [0.1, 0.15) is 81.4 Å². The zero-order valence-electron chi connectivity index (χ0n) is 29.2. The van der Waals surface area contributed by atoms with Gasteiger partial charge in [0.25, 0.3) is 0 Å². The van der Waals surface area contributed by atoms with Gasteiger partial charge in [-0.25, -0.2) is 4.79 Å². The molecule has 0 spiro atoms. The largest absolute Gasteiger partial charge is 0.496 e. The van der Waals surface area contributed by atoms with Gasteiger partial charge in [0.15, 0.2) is 0 Å². The van der Waals surface area contributed by atoms with Crippen LogP contribution < -0.4 is 14.8 Å². The zero-order valence-corrected chi connectivity index (χ0v) is 29.2. The van der Waals surface area contributed by atoms with E-state index < -0.39 is 30.2 Å². The fourth-order valence-electron chi connectivity index (χ4n) is 7.93. The second-order valence-electron chi connectivity index (χ2n) is 15.3. The van der Waals surface area contributed by atoms with E-state index in [0.29, 0.717) is 41.9 Å². The average molecular weight is 654 g/mol. The van der Waals surface area contributed by atoms with Crippen molar-refractivity contribution in [3.8, 4) is 11.5 Å². The molecule has 254 valence electrons. The third kappa shape index (κ3) is 6.99. The molecule has 7 rings (SSSR count). The molecule has 1 aliphatic heterocycles. The molecule has 1 N–H and O–H groups in total. The van der Waals surface area contributed by atoms with E-state index in [1.165, 1.54) is 0 Å². The number of benzene rings is 3. The first-order valence-electron chi connectivity index (χ1n) is 17.0. The summed E-state index contributed by atoms with van der Waals surface area (Å²) in [4.78, 5) is 26.9. The Morgan fingerprint density at radius 1 is 0.979 bits per heavy atom. The van der Waals surface area contributed by atoms with E-state index in [9.17, 15) is 9.59 Å². The second-order valence-corrected chi connectivity index (χ2v) is 15.3. The lowest BCUT2D eigenvalue weighted by Gasteiger charge is -2.64. The fraction of sp³-hybridized carbons (Fsp3) is 0.487. The lowest BCUT2D eigenvalue weighted by atomic mass is 9.43. The smallest absolute Gasteiger partial charge is 0.482 e. The Balaban J connectivity index is 1.22. The number of hydrogen-bond donors (Lipinski definition) is 1. The van der Waals surface area contributed by atoms with Crippen LogP contribution in [0.2, 0.25) is 0 Å². The van der Waals surface area contributed by atoms with Crippen molar-refractivity contribution in [2.45, 2.75) is 97.1 Å². The highest BCUT2D eigenvalue weighted by Gasteiger charge is 2.68. The number of amides is 1. The Morgan fingerprint density at radius 2 is 1.71 bits per heavy atom. The van der Waals surface area contributed by atoms with Crippen LogP contribution in [0.4, 0.5) is 0 Å². The van der Waals surface area contributed by atoms with E-state index in [1.807, 2.05) is 87.5 Å². The molecule has 4 aliphatic rings. The zero-order chi connectivity index (χ0) is 34.3. The molecule has 1 heterocycles. The third-order valence-corrected chi connectivity index (χ3v) is 10.5. The highest BCUT2D eigenvalue weighted by molar-refractivity contribution is 6.48. The van der Waals surface area contributed by atoms with Gasteiger partial charge in [-0.15, -0.1) is 0 Å². The van der Waals surface area contributed by atoms with E-state index in [0.717, 1.165) is 29.5 Å². The van der Waals surface area contributed by atoms with Crippen LogP contribution in [0, 0.1) is 17.3 Å². The molecule has 9 heteroatoms. The summed E-state index contributed by atoms with van der Waals surface area (Å²) in [6.45, 7) is 12.8. The molecular weight excluding hydrogens is 605 g/mol. The standard InChI is InChI=1S/C39H48BNO7/c1-37(2,3)46-36(43)30-18-12-16-27(35(30)44-7)21-33(40-47-32-23-28-22-31(38(28,4)5)39(32,6)48-40)41-34(42)20-26-15-11-17-29(19-26)45-24-25-13-9-8-10-14-25/h8-19,28,31-33H,20-24H2,1-7H3,(H,41,42). The number of nitrogens with one attached hydrogen (secondary N) is 1. The van der Waals surface area contributed by atoms with E-state index >= 15 is 0 Å².